The number of halogens is 1. The maximum Gasteiger partial charge on any atom is 0.274 e. The third kappa shape index (κ3) is 2.85. The number of pyridine rings is 1. The number of fused-ring (bicyclic) bond motifs is 1. The Morgan fingerprint density at radius 2 is 1.91 bits per heavy atom. The van der Waals surface area contributed by atoms with E-state index in [9.17, 15) is 4.79 Å². The van der Waals surface area contributed by atoms with Gasteiger partial charge in [-0.2, -0.15) is 5.10 Å². The van der Waals surface area contributed by atoms with Crippen molar-refractivity contribution in [1.82, 2.24) is 4.98 Å². The number of hydrazone groups is 1. The smallest absolute Gasteiger partial charge is 0.274 e. The van der Waals surface area contributed by atoms with Crippen LogP contribution in [-0.2, 0) is 0 Å². The zero-order chi connectivity index (χ0) is 16.4. The van der Waals surface area contributed by atoms with Gasteiger partial charge in [-0.3, -0.25) is 9.80 Å². The molecule has 3 rings (SSSR count). The van der Waals surface area contributed by atoms with Crippen molar-refractivity contribution in [1.29, 1.82) is 0 Å². The molecule has 0 saturated heterocycles. The Morgan fingerprint density at radius 3 is 2.61 bits per heavy atom. The lowest BCUT2D eigenvalue weighted by Crippen LogP contribution is -2.21. The van der Waals surface area contributed by atoms with Crippen molar-refractivity contribution in [3.63, 3.8) is 0 Å². The molecule has 0 spiro atoms. The summed E-state index contributed by atoms with van der Waals surface area (Å²) in [4.78, 5) is 15.5. The minimum absolute atomic E-state index is 0.188. The topological polar surface area (TPSA) is 48.5 Å². The standard InChI is InChI=1S/C18H16ClN3O/c1-3-20-22(2)17-16(12-7-5-4-6-8-12)14-11-13(19)9-10-15(14)21-18(17)23/h3-11H,1-2H3,(H,21,23)/b20-3-. The van der Waals surface area contributed by atoms with Gasteiger partial charge in [0, 0.05) is 34.8 Å². The molecule has 0 aliphatic carbocycles. The number of nitrogens with one attached hydrogen (secondary N) is 1. The largest absolute Gasteiger partial charge is 0.320 e. The average Bonchev–Trinajstić information content (AvgIpc) is 2.55. The van der Waals surface area contributed by atoms with Crippen LogP contribution in [0, 0.1) is 0 Å². The third-order valence-corrected chi connectivity index (χ3v) is 3.86. The number of hydrogen-bond donors (Lipinski definition) is 1. The molecule has 0 saturated carbocycles. The minimum atomic E-state index is -0.188. The summed E-state index contributed by atoms with van der Waals surface area (Å²) in [6.07, 6.45) is 1.65. The molecule has 0 unspecified atom stereocenters. The summed E-state index contributed by atoms with van der Waals surface area (Å²) in [5.41, 5.74) is 2.81. The Kier molecular flexibility index (Phi) is 4.17. The highest BCUT2D eigenvalue weighted by Gasteiger charge is 2.17. The Labute approximate surface area is 139 Å². The van der Waals surface area contributed by atoms with Crippen molar-refractivity contribution >= 4 is 34.4 Å². The van der Waals surface area contributed by atoms with E-state index in [-0.39, 0.29) is 5.56 Å². The lowest BCUT2D eigenvalue weighted by molar-refractivity contribution is 1.00. The third-order valence-electron chi connectivity index (χ3n) is 3.63. The molecular weight excluding hydrogens is 310 g/mol. The van der Waals surface area contributed by atoms with E-state index < -0.39 is 0 Å². The molecule has 2 aromatic carbocycles. The first-order chi connectivity index (χ1) is 11.1. The summed E-state index contributed by atoms with van der Waals surface area (Å²) in [5, 5.41) is 7.32. The van der Waals surface area contributed by atoms with Crippen LogP contribution in [0.5, 0.6) is 0 Å². The summed E-state index contributed by atoms with van der Waals surface area (Å²) in [6, 6.07) is 15.2. The molecule has 0 radical (unpaired) electrons. The van der Waals surface area contributed by atoms with Gasteiger partial charge in [0.15, 0.2) is 0 Å². The van der Waals surface area contributed by atoms with E-state index in [0.29, 0.717) is 10.7 Å². The lowest BCUT2D eigenvalue weighted by atomic mass is 9.99. The highest BCUT2D eigenvalue weighted by atomic mass is 35.5. The first-order valence-electron chi connectivity index (χ1n) is 7.25. The van der Waals surface area contributed by atoms with Crippen LogP contribution in [0.1, 0.15) is 6.92 Å². The quantitative estimate of drug-likeness (QED) is 0.577. The van der Waals surface area contributed by atoms with Gasteiger partial charge in [0.2, 0.25) is 0 Å². The van der Waals surface area contributed by atoms with Gasteiger partial charge in [0.05, 0.1) is 0 Å². The Bertz CT molecular complexity index is 932. The molecule has 0 aliphatic rings. The van der Waals surface area contributed by atoms with Gasteiger partial charge < -0.3 is 4.98 Å². The van der Waals surface area contributed by atoms with Gasteiger partial charge >= 0.3 is 0 Å². The van der Waals surface area contributed by atoms with Crippen molar-refractivity contribution in [2.75, 3.05) is 12.1 Å². The second-order valence-corrected chi connectivity index (χ2v) is 5.57. The predicted octanol–water partition coefficient (Wildman–Crippen LogP) is 4.29. The monoisotopic (exact) mass is 325 g/mol. The summed E-state index contributed by atoms with van der Waals surface area (Å²) >= 11 is 6.18. The van der Waals surface area contributed by atoms with Gasteiger partial charge in [0.1, 0.15) is 5.69 Å². The fraction of sp³-hybridized carbons (Fsp3) is 0.111. The molecule has 0 bridgehead atoms. The van der Waals surface area contributed by atoms with E-state index in [1.165, 1.54) is 0 Å². The Morgan fingerprint density at radius 1 is 1.17 bits per heavy atom. The fourth-order valence-corrected chi connectivity index (χ4v) is 2.86. The van der Waals surface area contributed by atoms with E-state index >= 15 is 0 Å². The van der Waals surface area contributed by atoms with Crippen LogP contribution >= 0.6 is 11.6 Å². The molecule has 23 heavy (non-hydrogen) atoms. The number of H-pyrrole nitrogens is 1. The summed E-state index contributed by atoms with van der Waals surface area (Å²) in [5.74, 6) is 0. The molecule has 3 aromatic rings. The van der Waals surface area contributed by atoms with Gasteiger partial charge in [-0.25, -0.2) is 0 Å². The number of aromatic amines is 1. The molecule has 116 valence electrons. The van der Waals surface area contributed by atoms with E-state index in [2.05, 4.69) is 10.1 Å². The average molecular weight is 326 g/mol. The lowest BCUT2D eigenvalue weighted by Gasteiger charge is -2.18. The first-order valence-corrected chi connectivity index (χ1v) is 7.63. The summed E-state index contributed by atoms with van der Waals surface area (Å²) < 4.78 is 0. The van der Waals surface area contributed by atoms with Crippen molar-refractivity contribution < 1.29 is 0 Å². The predicted molar refractivity (Wildman–Crippen MR) is 97.6 cm³/mol. The maximum atomic E-state index is 12.6. The van der Waals surface area contributed by atoms with Crippen LogP contribution in [0.15, 0.2) is 58.4 Å². The van der Waals surface area contributed by atoms with Gasteiger partial charge in [-0.15, -0.1) is 0 Å². The number of benzene rings is 2. The fourth-order valence-electron chi connectivity index (χ4n) is 2.69. The van der Waals surface area contributed by atoms with Gasteiger partial charge in [-0.05, 0) is 30.7 Å². The molecule has 1 aromatic heterocycles. The molecule has 1 N–H and O–H groups in total. The molecule has 5 heteroatoms. The van der Waals surface area contributed by atoms with E-state index in [4.69, 9.17) is 11.6 Å². The van der Waals surface area contributed by atoms with E-state index in [1.807, 2.05) is 49.4 Å². The highest BCUT2D eigenvalue weighted by Crippen LogP contribution is 2.35. The van der Waals surface area contributed by atoms with Crippen molar-refractivity contribution in [2.45, 2.75) is 6.92 Å². The summed E-state index contributed by atoms with van der Waals surface area (Å²) in [6.45, 7) is 1.81. The summed E-state index contributed by atoms with van der Waals surface area (Å²) in [7, 11) is 1.76. The SMILES string of the molecule is C/C=N\N(C)c1c(-c2ccccc2)c2cc(Cl)ccc2[nH]c1=O. The van der Waals surface area contributed by atoms with Gasteiger partial charge in [0.25, 0.3) is 5.56 Å². The zero-order valence-electron chi connectivity index (χ0n) is 12.9. The molecule has 0 atom stereocenters. The molecular formula is C18H16ClN3O. The number of rotatable bonds is 3. The van der Waals surface area contributed by atoms with Crippen LogP contribution in [0.3, 0.4) is 0 Å². The van der Waals surface area contributed by atoms with Crippen LogP contribution in [0.25, 0.3) is 22.0 Å². The molecule has 4 nitrogen and oxygen atoms in total. The second-order valence-electron chi connectivity index (χ2n) is 5.13. The number of anilines is 1. The van der Waals surface area contributed by atoms with Crippen LogP contribution < -0.4 is 10.6 Å². The second kappa shape index (κ2) is 6.26. The molecule has 0 aliphatic heterocycles. The molecule has 1 heterocycles. The molecule has 0 amide bonds. The minimum Gasteiger partial charge on any atom is -0.320 e. The normalized spacial score (nSPS) is 11.3. The molecule has 0 fully saturated rings. The number of nitrogens with zero attached hydrogens (tertiary/aromatic N) is 2. The van der Waals surface area contributed by atoms with Crippen LogP contribution in [0.2, 0.25) is 5.02 Å². The van der Waals surface area contributed by atoms with Crippen molar-refractivity contribution in [2.24, 2.45) is 5.10 Å². The zero-order valence-corrected chi connectivity index (χ0v) is 13.6. The van der Waals surface area contributed by atoms with Crippen molar-refractivity contribution in [3.05, 3.63) is 63.9 Å². The maximum absolute atomic E-state index is 12.6. The highest BCUT2D eigenvalue weighted by molar-refractivity contribution is 6.31. The van der Waals surface area contributed by atoms with Gasteiger partial charge in [-0.1, -0.05) is 41.9 Å². The van der Waals surface area contributed by atoms with Crippen LogP contribution in [0.4, 0.5) is 5.69 Å². The van der Waals surface area contributed by atoms with Crippen molar-refractivity contribution in [3.8, 4) is 11.1 Å². The Balaban J connectivity index is 2.46. The Hall–Kier alpha value is -2.59. The van der Waals surface area contributed by atoms with Crippen LogP contribution in [-0.4, -0.2) is 18.2 Å². The number of aromatic nitrogens is 1. The van der Waals surface area contributed by atoms with E-state index in [0.717, 1.165) is 22.0 Å². The number of hydrogen-bond acceptors (Lipinski definition) is 3. The van der Waals surface area contributed by atoms with E-state index in [1.54, 1.807) is 24.3 Å². The first kappa shape index (κ1) is 15.3.